The average molecular weight is 135 g/mol. The molecule has 1 aromatic heterocycles. The first-order valence-electron chi connectivity index (χ1n) is 2.89. The minimum atomic E-state index is 0.558. The second-order valence-electron chi connectivity index (χ2n) is 1.90. The predicted octanol–water partition coefficient (Wildman–Crippen LogP) is 0.580. The summed E-state index contributed by atoms with van der Waals surface area (Å²) in [6, 6.07) is 0. The van der Waals surface area contributed by atoms with Crippen LogP contribution in [0.1, 0.15) is 5.69 Å². The van der Waals surface area contributed by atoms with Gasteiger partial charge < -0.3 is 4.98 Å². The Morgan fingerprint density at radius 3 is 3.10 bits per heavy atom. The van der Waals surface area contributed by atoms with E-state index in [0.29, 0.717) is 6.54 Å². The molecule has 0 saturated heterocycles. The van der Waals surface area contributed by atoms with Gasteiger partial charge in [-0.2, -0.15) is 5.11 Å². The normalized spacial score (nSPS) is 15.8. The number of nitrogens with zero attached hydrogens (tertiary/aromatic N) is 4. The lowest BCUT2D eigenvalue weighted by Gasteiger charge is -1.87. The van der Waals surface area contributed by atoms with Gasteiger partial charge in [0.05, 0.1) is 18.2 Å². The van der Waals surface area contributed by atoms with Crippen LogP contribution in [0.15, 0.2) is 28.0 Å². The molecule has 0 bridgehead atoms. The molecule has 0 amide bonds. The summed E-state index contributed by atoms with van der Waals surface area (Å²) in [5, 5.41) is 11.0. The molecule has 0 radical (unpaired) electrons. The number of hydrogen-bond donors (Lipinski definition) is 1. The van der Waals surface area contributed by atoms with Crippen LogP contribution in [-0.2, 0) is 0 Å². The van der Waals surface area contributed by atoms with Crippen LogP contribution in [0.5, 0.6) is 0 Å². The Bertz CT molecular complexity index is 270. The summed E-state index contributed by atoms with van der Waals surface area (Å²) in [5.41, 5.74) is 1.74. The van der Waals surface area contributed by atoms with Crippen molar-refractivity contribution in [2.24, 2.45) is 15.4 Å². The standard InChI is InChI=1S/C5H5N5/c1-4(7-3-6-1)5-2-8-10-9-5/h1,3H,2H2,(H,6,7). The van der Waals surface area contributed by atoms with Gasteiger partial charge in [-0.15, -0.1) is 5.10 Å². The summed E-state index contributed by atoms with van der Waals surface area (Å²) in [6.07, 6.45) is 3.31. The molecule has 2 heterocycles. The third kappa shape index (κ3) is 0.717. The monoisotopic (exact) mass is 135 g/mol. The molecular formula is C5H5N5. The van der Waals surface area contributed by atoms with Crippen molar-refractivity contribution in [3.63, 3.8) is 0 Å². The number of hydrogen-bond acceptors (Lipinski definition) is 4. The fraction of sp³-hybridized carbons (Fsp3) is 0.200. The molecule has 0 spiro atoms. The number of H-pyrrole nitrogens is 1. The molecule has 10 heavy (non-hydrogen) atoms. The SMILES string of the molecule is c1ncc(C2=NN=NC2)[nH]1. The molecule has 50 valence electrons. The molecule has 1 aromatic rings. The van der Waals surface area contributed by atoms with Gasteiger partial charge in [-0.1, -0.05) is 0 Å². The van der Waals surface area contributed by atoms with Gasteiger partial charge in [0.25, 0.3) is 0 Å². The van der Waals surface area contributed by atoms with Crippen LogP contribution in [0, 0.1) is 0 Å². The van der Waals surface area contributed by atoms with Crippen LogP contribution >= 0.6 is 0 Å². The van der Waals surface area contributed by atoms with E-state index in [1.54, 1.807) is 12.5 Å². The summed E-state index contributed by atoms with van der Waals surface area (Å²) in [5.74, 6) is 0. The Morgan fingerprint density at radius 2 is 2.50 bits per heavy atom. The van der Waals surface area contributed by atoms with Crippen molar-refractivity contribution < 1.29 is 0 Å². The first-order chi connectivity index (χ1) is 4.97. The topological polar surface area (TPSA) is 65.8 Å². The Kier molecular flexibility index (Phi) is 1.06. The molecule has 1 N–H and O–H groups in total. The first-order valence-corrected chi connectivity index (χ1v) is 2.89. The Labute approximate surface area is 56.9 Å². The van der Waals surface area contributed by atoms with Crippen molar-refractivity contribution in [3.05, 3.63) is 18.2 Å². The van der Waals surface area contributed by atoms with Gasteiger partial charge in [-0.3, -0.25) is 0 Å². The van der Waals surface area contributed by atoms with Gasteiger partial charge in [-0.25, -0.2) is 4.98 Å². The maximum Gasteiger partial charge on any atom is 0.113 e. The highest BCUT2D eigenvalue weighted by Gasteiger charge is 2.07. The lowest BCUT2D eigenvalue weighted by molar-refractivity contribution is 1.06. The van der Waals surface area contributed by atoms with Crippen LogP contribution in [-0.4, -0.2) is 22.2 Å². The lowest BCUT2D eigenvalue weighted by atomic mass is 10.3. The van der Waals surface area contributed by atoms with Gasteiger partial charge in [0.2, 0.25) is 0 Å². The smallest absolute Gasteiger partial charge is 0.113 e. The summed E-state index contributed by atoms with van der Waals surface area (Å²) < 4.78 is 0. The first kappa shape index (κ1) is 5.28. The lowest BCUT2D eigenvalue weighted by Crippen LogP contribution is -2.00. The maximum atomic E-state index is 3.85. The van der Waals surface area contributed by atoms with Crippen LogP contribution in [0.2, 0.25) is 0 Å². The van der Waals surface area contributed by atoms with Crippen molar-refractivity contribution in [1.29, 1.82) is 0 Å². The van der Waals surface area contributed by atoms with Crippen LogP contribution < -0.4 is 0 Å². The molecule has 0 saturated carbocycles. The van der Waals surface area contributed by atoms with E-state index >= 15 is 0 Å². The minimum Gasteiger partial charge on any atom is -0.344 e. The molecule has 2 rings (SSSR count). The highest BCUT2D eigenvalue weighted by Crippen LogP contribution is 2.01. The van der Waals surface area contributed by atoms with E-state index in [1.165, 1.54) is 0 Å². The van der Waals surface area contributed by atoms with Crippen molar-refractivity contribution in [3.8, 4) is 0 Å². The molecule has 0 aromatic carbocycles. The Hall–Kier alpha value is -1.52. The van der Waals surface area contributed by atoms with E-state index in [-0.39, 0.29) is 0 Å². The summed E-state index contributed by atoms with van der Waals surface area (Å²) in [6.45, 7) is 0.558. The fourth-order valence-corrected chi connectivity index (χ4v) is 0.769. The number of aromatic amines is 1. The fourth-order valence-electron chi connectivity index (χ4n) is 0.769. The van der Waals surface area contributed by atoms with Crippen LogP contribution in [0.3, 0.4) is 0 Å². The third-order valence-electron chi connectivity index (χ3n) is 1.26. The molecule has 1 aliphatic heterocycles. The zero-order valence-electron chi connectivity index (χ0n) is 5.15. The number of imidazole rings is 1. The van der Waals surface area contributed by atoms with Crippen molar-refractivity contribution in [1.82, 2.24) is 9.97 Å². The quantitative estimate of drug-likeness (QED) is 0.601. The maximum absolute atomic E-state index is 3.85. The van der Waals surface area contributed by atoms with Gasteiger partial charge in [0.15, 0.2) is 0 Å². The van der Waals surface area contributed by atoms with Gasteiger partial charge in [0.1, 0.15) is 12.3 Å². The Morgan fingerprint density at radius 1 is 1.50 bits per heavy atom. The largest absolute Gasteiger partial charge is 0.344 e. The molecule has 1 aliphatic rings. The van der Waals surface area contributed by atoms with E-state index in [9.17, 15) is 0 Å². The highest BCUT2D eigenvalue weighted by atomic mass is 15.4. The Balaban J connectivity index is 2.30. The molecule has 0 atom stereocenters. The number of rotatable bonds is 1. The molecule has 0 fully saturated rings. The number of aromatic nitrogens is 2. The highest BCUT2D eigenvalue weighted by molar-refractivity contribution is 6.00. The minimum absolute atomic E-state index is 0.558. The van der Waals surface area contributed by atoms with Gasteiger partial charge in [0, 0.05) is 0 Å². The molecule has 0 aliphatic carbocycles. The average Bonchev–Trinajstić information content (AvgIpc) is 2.59. The second kappa shape index (κ2) is 2.02. The van der Waals surface area contributed by atoms with Crippen molar-refractivity contribution >= 4 is 5.71 Å². The molecular weight excluding hydrogens is 130 g/mol. The second-order valence-corrected chi connectivity index (χ2v) is 1.90. The van der Waals surface area contributed by atoms with E-state index in [1.807, 2.05) is 0 Å². The van der Waals surface area contributed by atoms with Gasteiger partial charge in [-0.05, 0) is 5.22 Å². The summed E-state index contributed by atoms with van der Waals surface area (Å²) in [4.78, 5) is 6.76. The summed E-state index contributed by atoms with van der Waals surface area (Å²) in [7, 11) is 0. The van der Waals surface area contributed by atoms with E-state index < -0.39 is 0 Å². The van der Waals surface area contributed by atoms with E-state index in [0.717, 1.165) is 11.4 Å². The molecule has 5 heteroatoms. The van der Waals surface area contributed by atoms with Gasteiger partial charge >= 0.3 is 0 Å². The summed E-state index contributed by atoms with van der Waals surface area (Å²) >= 11 is 0. The number of nitrogens with one attached hydrogen (secondary N) is 1. The van der Waals surface area contributed by atoms with Crippen LogP contribution in [0.25, 0.3) is 0 Å². The zero-order chi connectivity index (χ0) is 6.81. The van der Waals surface area contributed by atoms with Crippen molar-refractivity contribution in [2.45, 2.75) is 0 Å². The predicted molar refractivity (Wildman–Crippen MR) is 34.8 cm³/mol. The van der Waals surface area contributed by atoms with E-state index in [2.05, 4.69) is 25.4 Å². The van der Waals surface area contributed by atoms with Crippen LogP contribution in [0.4, 0.5) is 0 Å². The van der Waals surface area contributed by atoms with E-state index in [4.69, 9.17) is 0 Å². The molecule has 0 unspecified atom stereocenters. The van der Waals surface area contributed by atoms with Crippen molar-refractivity contribution in [2.75, 3.05) is 6.54 Å². The zero-order valence-corrected chi connectivity index (χ0v) is 5.15. The molecule has 5 nitrogen and oxygen atoms in total. The third-order valence-corrected chi connectivity index (χ3v) is 1.26.